The Labute approximate surface area is 103 Å². The maximum Gasteiger partial charge on any atom is 0.273 e. The first-order chi connectivity index (χ1) is 8.15. The number of carbonyl (C=O) groups excluding carboxylic acids is 1. The van der Waals surface area contributed by atoms with Crippen molar-refractivity contribution in [1.82, 2.24) is 20.3 Å². The Kier molecular flexibility index (Phi) is 3.10. The van der Waals surface area contributed by atoms with Gasteiger partial charge in [0.05, 0.1) is 16.4 Å². The number of nitrogens with one attached hydrogen (secondary N) is 1. The Morgan fingerprint density at radius 1 is 1.41 bits per heavy atom. The van der Waals surface area contributed by atoms with Crippen LogP contribution in [0.25, 0.3) is 5.69 Å². The van der Waals surface area contributed by atoms with E-state index in [1.54, 1.807) is 24.7 Å². The number of rotatable bonds is 2. The first-order valence-corrected chi connectivity index (χ1v) is 5.42. The lowest BCUT2D eigenvalue weighted by atomic mass is 10.3. The molecule has 2 aromatic rings. The van der Waals surface area contributed by atoms with Crippen LogP contribution in [0, 0.1) is 6.92 Å². The van der Waals surface area contributed by atoms with Crippen LogP contribution >= 0.6 is 11.6 Å². The second-order valence-electron chi connectivity index (χ2n) is 3.47. The topological polar surface area (TPSA) is 59.8 Å². The Morgan fingerprint density at radius 2 is 2.12 bits per heavy atom. The van der Waals surface area contributed by atoms with Gasteiger partial charge < -0.3 is 5.32 Å². The Balaban J connectivity index is 2.52. The van der Waals surface area contributed by atoms with E-state index >= 15 is 0 Å². The van der Waals surface area contributed by atoms with E-state index in [9.17, 15) is 4.79 Å². The van der Waals surface area contributed by atoms with Crippen LogP contribution in [-0.4, -0.2) is 27.9 Å². The van der Waals surface area contributed by atoms with Gasteiger partial charge in [-0.1, -0.05) is 28.9 Å². The van der Waals surface area contributed by atoms with Gasteiger partial charge in [-0.2, -0.15) is 0 Å². The van der Waals surface area contributed by atoms with Gasteiger partial charge in [0.2, 0.25) is 0 Å². The fraction of sp³-hybridized carbons (Fsp3) is 0.182. The summed E-state index contributed by atoms with van der Waals surface area (Å²) in [6.07, 6.45) is 0. The molecule has 2 rings (SSSR count). The van der Waals surface area contributed by atoms with Crippen molar-refractivity contribution in [3.8, 4) is 5.69 Å². The summed E-state index contributed by atoms with van der Waals surface area (Å²) in [5, 5.41) is 10.9. The molecule has 0 aliphatic carbocycles. The number of nitrogens with zero attached hydrogens (tertiary/aromatic N) is 3. The third-order valence-corrected chi connectivity index (χ3v) is 2.74. The quantitative estimate of drug-likeness (QED) is 0.881. The Hall–Kier alpha value is -1.88. The van der Waals surface area contributed by atoms with Gasteiger partial charge in [0.1, 0.15) is 0 Å². The maximum absolute atomic E-state index is 11.5. The SMILES string of the molecule is CNC(=O)c1nnn(-c2ccccc2Cl)c1C. The second kappa shape index (κ2) is 4.55. The highest BCUT2D eigenvalue weighted by molar-refractivity contribution is 6.32. The lowest BCUT2D eigenvalue weighted by Gasteiger charge is -2.05. The third-order valence-electron chi connectivity index (χ3n) is 2.42. The van der Waals surface area contributed by atoms with Crippen molar-refractivity contribution in [2.24, 2.45) is 0 Å². The van der Waals surface area contributed by atoms with E-state index in [-0.39, 0.29) is 5.91 Å². The van der Waals surface area contributed by atoms with Gasteiger partial charge in [-0.05, 0) is 19.1 Å². The molecular weight excluding hydrogens is 240 g/mol. The molecule has 1 heterocycles. The zero-order valence-corrected chi connectivity index (χ0v) is 10.2. The van der Waals surface area contributed by atoms with Crippen LogP contribution in [0.4, 0.5) is 0 Å². The molecule has 0 spiro atoms. The van der Waals surface area contributed by atoms with Crippen LogP contribution in [0.15, 0.2) is 24.3 Å². The smallest absolute Gasteiger partial charge is 0.273 e. The normalized spacial score (nSPS) is 10.3. The van der Waals surface area contributed by atoms with E-state index in [1.165, 1.54) is 0 Å². The maximum atomic E-state index is 11.5. The lowest BCUT2D eigenvalue weighted by molar-refractivity contribution is 0.0957. The van der Waals surface area contributed by atoms with Crippen LogP contribution in [0.5, 0.6) is 0 Å². The van der Waals surface area contributed by atoms with Crippen molar-refractivity contribution in [3.05, 3.63) is 40.7 Å². The molecular formula is C11H11ClN4O. The minimum absolute atomic E-state index is 0.263. The molecule has 1 amide bonds. The summed E-state index contributed by atoms with van der Waals surface area (Å²) in [4.78, 5) is 11.5. The zero-order chi connectivity index (χ0) is 12.4. The average Bonchev–Trinajstić information content (AvgIpc) is 2.71. The summed E-state index contributed by atoms with van der Waals surface area (Å²) >= 11 is 6.06. The van der Waals surface area contributed by atoms with Crippen LogP contribution in [0.2, 0.25) is 5.02 Å². The molecule has 0 bridgehead atoms. The molecule has 1 aromatic carbocycles. The fourth-order valence-electron chi connectivity index (χ4n) is 1.51. The predicted molar refractivity (Wildman–Crippen MR) is 64.5 cm³/mol. The Morgan fingerprint density at radius 3 is 2.76 bits per heavy atom. The number of benzene rings is 1. The van der Waals surface area contributed by atoms with Crippen molar-refractivity contribution >= 4 is 17.5 Å². The van der Waals surface area contributed by atoms with Gasteiger partial charge in [0, 0.05) is 7.05 Å². The molecule has 88 valence electrons. The monoisotopic (exact) mass is 250 g/mol. The number of halogens is 1. The van der Waals surface area contributed by atoms with E-state index in [1.807, 2.05) is 18.2 Å². The average molecular weight is 251 g/mol. The van der Waals surface area contributed by atoms with Crippen LogP contribution in [0.3, 0.4) is 0 Å². The van der Waals surface area contributed by atoms with Crippen molar-refractivity contribution in [1.29, 1.82) is 0 Å². The number of para-hydroxylation sites is 1. The van der Waals surface area contributed by atoms with Gasteiger partial charge in [0.15, 0.2) is 5.69 Å². The highest BCUT2D eigenvalue weighted by atomic mass is 35.5. The van der Waals surface area contributed by atoms with E-state index in [0.717, 1.165) is 0 Å². The minimum Gasteiger partial charge on any atom is -0.354 e. The summed E-state index contributed by atoms with van der Waals surface area (Å²) < 4.78 is 1.55. The van der Waals surface area contributed by atoms with Crippen molar-refractivity contribution in [2.45, 2.75) is 6.92 Å². The predicted octanol–water partition coefficient (Wildman–Crippen LogP) is 1.59. The van der Waals surface area contributed by atoms with Crippen molar-refractivity contribution in [2.75, 3.05) is 7.05 Å². The van der Waals surface area contributed by atoms with Crippen LogP contribution in [-0.2, 0) is 0 Å². The minimum atomic E-state index is -0.263. The summed E-state index contributed by atoms with van der Waals surface area (Å²) in [6.45, 7) is 1.77. The van der Waals surface area contributed by atoms with Gasteiger partial charge in [0.25, 0.3) is 5.91 Å². The Bertz CT molecular complexity index is 564. The molecule has 0 radical (unpaired) electrons. The fourth-order valence-corrected chi connectivity index (χ4v) is 1.73. The van der Waals surface area contributed by atoms with E-state index in [4.69, 9.17) is 11.6 Å². The van der Waals surface area contributed by atoms with E-state index < -0.39 is 0 Å². The van der Waals surface area contributed by atoms with Gasteiger partial charge >= 0.3 is 0 Å². The standard InChI is InChI=1S/C11H11ClN4O/c1-7-10(11(17)13-2)14-15-16(7)9-6-4-3-5-8(9)12/h3-6H,1-2H3,(H,13,17). The molecule has 1 aromatic heterocycles. The van der Waals surface area contributed by atoms with E-state index in [2.05, 4.69) is 15.6 Å². The number of aromatic nitrogens is 3. The highest BCUT2D eigenvalue weighted by Gasteiger charge is 2.16. The summed E-state index contributed by atoms with van der Waals surface area (Å²) in [7, 11) is 1.55. The molecule has 6 heteroatoms. The summed E-state index contributed by atoms with van der Waals surface area (Å²) in [5.74, 6) is -0.263. The first kappa shape index (κ1) is 11.6. The number of hydrogen-bond donors (Lipinski definition) is 1. The van der Waals surface area contributed by atoms with E-state index in [0.29, 0.717) is 22.1 Å². The summed E-state index contributed by atoms with van der Waals surface area (Å²) in [5.41, 5.74) is 1.65. The number of hydrogen-bond acceptors (Lipinski definition) is 3. The largest absolute Gasteiger partial charge is 0.354 e. The highest BCUT2D eigenvalue weighted by Crippen LogP contribution is 2.20. The van der Waals surface area contributed by atoms with Crippen LogP contribution in [0.1, 0.15) is 16.2 Å². The lowest BCUT2D eigenvalue weighted by Crippen LogP contribution is -2.19. The molecule has 1 N–H and O–H groups in total. The molecule has 0 saturated carbocycles. The number of carbonyl (C=O) groups is 1. The first-order valence-electron chi connectivity index (χ1n) is 5.04. The zero-order valence-electron chi connectivity index (χ0n) is 9.44. The molecule has 0 fully saturated rings. The summed E-state index contributed by atoms with van der Waals surface area (Å²) in [6, 6.07) is 7.26. The second-order valence-corrected chi connectivity index (χ2v) is 3.87. The van der Waals surface area contributed by atoms with Crippen LogP contribution < -0.4 is 5.32 Å². The van der Waals surface area contributed by atoms with Gasteiger partial charge in [-0.3, -0.25) is 4.79 Å². The molecule has 0 unspecified atom stereocenters. The molecule has 0 atom stereocenters. The molecule has 0 aliphatic rings. The van der Waals surface area contributed by atoms with Gasteiger partial charge in [-0.15, -0.1) is 5.10 Å². The third kappa shape index (κ3) is 2.01. The number of amides is 1. The molecule has 0 saturated heterocycles. The van der Waals surface area contributed by atoms with Crippen molar-refractivity contribution in [3.63, 3.8) is 0 Å². The molecule has 0 aliphatic heterocycles. The molecule has 5 nitrogen and oxygen atoms in total. The van der Waals surface area contributed by atoms with Crippen molar-refractivity contribution < 1.29 is 4.79 Å². The molecule has 17 heavy (non-hydrogen) atoms. The van der Waals surface area contributed by atoms with Gasteiger partial charge in [-0.25, -0.2) is 4.68 Å².